The lowest BCUT2D eigenvalue weighted by Gasteiger charge is -2.22. The van der Waals surface area contributed by atoms with Crippen LogP contribution in [0.15, 0.2) is 53.4 Å². The Bertz CT molecular complexity index is 881. The van der Waals surface area contributed by atoms with E-state index in [9.17, 15) is 13.2 Å². The van der Waals surface area contributed by atoms with Crippen LogP contribution in [-0.2, 0) is 14.6 Å². The van der Waals surface area contributed by atoms with E-state index in [4.69, 9.17) is 10.5 Å². The molecular formula is C19H25ClN2O4S. The first-order valence-electron chi connectivity index (χ1n) is 8.30. The molecule has 0 fully saturated rings. The zero-order chi connectivity index (χ0) is 19.4. The summed E-state index contributed by atoms with van der Waals surface area (Å²) in [5, 5.41) is 2.79. The number of anilines is 1. The van der Waals surface area contributed by atoms with E-state index in [2.05, 4.69) is 5.32 Å². The van der Waals surface area contributed by atoms with Crippen LogP contribution in [0.2, 0.25) is 0 Å². The summed E-state index contributed by atoms with van der Waals surface area (Å²) in [4.78, 5) is 12.4. The Kier molecular flexibility index (Phi) is 7.83. The molecule has 0 spiro atoms. The van der Waals surface area contributed by atoms with Crippen molar-refractivity contribution >= 4 is 33.8 Å². The molecule has 148 valence electrons. The number of amides is 1. The highest BCUT2D eigenvalue weighted by Gasteiger charge is 2.27. The third-order valence-corrected chi connectivity index (χ3v) is 4.98. The predicted octanol–water partition coefficient (Wildman–Crippen LogP) is 3.76. The van der Waals surface area contributed by atoms with Crippen LogP contribution in [0.4, 0.5) is 5.69 Å². The quantitative estimate of drug-likeness (QED) is 0.721. The van der Waals surface area contributed by atoms with Crippen molar-refractivity contribution in [1.29, 1.82) is 0 Å². The highest BCUT2D eigenvalue weighted by molar-refractivity contribution is 7.90. The van der Waals surface area contributed by atoms with Gasteiger partial charge in [-0.15, -0.1) is 12.4 Å². The molecule has 8 heteroatoms. The molecule has 0 aliphatic carbocycles. The first-order chi connectivity index (χ1) is 12.1. The standard InChI is InChI=1S/C19H24N2O4S.ClH/c1-4-12-19(2,20)18(22)21-14-8-10-15(11-9-14)25-16-6-5-7-17(13-16)26(3,23)24;/h5-11,13H,4,12,20H2,1-3H3,(H,21,22);1H. The zero-order valence-corrected chi connectivity index (χ0v) is 17.2. The van der Waals surface area contributed by atoms with Gasteiger partial charge in [0, 0.05) is 11.9 Å². The summed E-state index contributed by atoms with van der Waals surface area (Å²) in [6.07, 6.45) is 2.56. The Morgan fingerprint density at radius 2 is 1.78 bits per heavy atom. The summed E-state index contributed by atoms with van der Waals surface area (Å²) in [5.41, 5.74) is 5.70. The number of halogens is 1. The SMILES string of the molecule is CCCC(C)(N)C(=O)Nc1ccc(Oc2cccc(S(C)(=O)=O)c2)cc1.Cl. The fourth-order valence-corrected chi connectivity index (χ4v) is 3.07. The molecule has 6 nitrogen and oxygen atoms in total. The van der Waals surface area contributed by atoms with Crippen LogP contribution in [-0.4, -0.2) is 26.1 Å². The average Bonchev–Trinajstić information content (AvgIpc) is 2.56. The third kappa shape index (κ3) is 6.53. The molecule has 0 radical (unpaired) electrons. The number of nitrogens with two attached hydrogens (primary N) is 1. The molecular weight excluding hydrogens is 388 g/mol. The molecule has 0 saturated carbocycles. The number of carbonyl (C=O) groups is 1. The predicted molar refractivity (Wildman–Crippen MR) is 109 cm³/mol. The average molecular weight is 413 g/mol. The molecule has 0 aromatic heterocycles. The van der Waals surface area contributed by atoms with Gasteiger partial charge in [-0.2, -0.15) is 0 Å². The van der Waals surface area contributed by atoms with Gasteiger partial charge in [-0.05, 0) is 55.8 Å². The van der Waals surface area contributed by atoms with E-state index in [1.807, 2.05) is 6.92 Å². The van der Waals surface area contributed by atoms with Crippen molar-refractivity contribution in [2.75, 3.05) is 11.6 Å². The maximum atomic E-state index is 12.2. The highest BCUT2D eigenvalue weighted by atomic mass is 35.5. The molecule has 1 unspecified atom stereocenters. The fraction of sp³-hybridized carbons (Fsp3) is 0.316. The van der Waals surface area contributed by atoms with E-state index in [0.29, 0.717) is 23.6 Å². The molecule has 0 saturated heterocycles. The first-order valence-corrected chi connectivity index (χ1v) is 10.2. The highest BCUT2D eigenvalue weighted by Crippen LogP contribution is 2.25. The molecule has 0 bridgehead atoms. The molecule has 2 aromatic carbocycles. The molecule has 2 aromatic rings. The van der Waals surface area contributed by atoms with Crippen LogP contribution >= 0.6 is 12.4 Å². The third-order valence-electron chi connectivity index (χ3n) is 3.87. The minimum atomic E-state index is -3.30. The van der Waals surface area contributed by atoms with E-state index >= 15 is 0 Å². The Hall–Kier alpha value is -2.09. The molecule has 2 rings (SSSR count). The van der Waals surface area contributed by atoms with Crippen molar-refractivity contribution in [3.8, 4) is 11.5 Å². The van der Waals surface area contributed by atoms with Crippen molar-refractivity contribution in [2.24, 2.45) is 5.73 Å². The number of carbonyl (C=O) groups excluding carboxylic acids is 1. The van der Waals surface area contributed by atoms with Gasteiger partial charge in [-0.3, -0.25) is 4.79 Å². The monoisotopic (exact) mass is 412 g/mol. The molecule has 1 atom stereocenters. The van der Waals surface area contributed by atoms with Crippen LogP contribution in [0.5, 0.6) is 11.5 Å². The summed E-state index contributed by atoms with van der Waals surface area (Å²) in [6, 6.07) is 13.1. The second kappa shape index (κ2) is 9.21. The Morgan fingerprint density at radius 1 is 1.15 bits per heavy atom. The molecule has 0 aliphatic heterocycles. The first kappa shape index (κ1) is 23.0. The number of nitrogens with one attached hydrogen (secondary N) is 1. The number of hydrogen-bond acceptors (Lipinski definition) is 5. The van der Waals surface area contributed by atoms with Gasteiger partial charge in [0.2, 0.25) is 5.91 Å². The largest absolute Gasteiger partial charge is 0.457 e. The number of sulfone groups is 1. The maximum absolute atomic E-state index is 12.2. The summed E-state index contributed by atoms with van der Waals surface area (Å²) in [6.45, 7) is 3.68. The number of rotatable bonds is 7. The van der Waals surface area contributed by atoms with Gasteiger partial charge in [0.1, 0.15) is 11.5 Å². The molecule has 0 heterocycles. The number of hydrogen-bond donors (Lipinski definition) is 2. The van der Waals surface area contributed by atoms with Gasteiger partial charge >= 0.3 is 0 Å². The van der Waals surface area contributed by atoms with Crippen LogP contribution in [0, 0.1) is 0 Å². The lowest BCUT2D eigenvalue weighted by atomic mass is 9.96. The molecule has 27 heavy (non-hydrogen) atoms. The van der Waals surface area contributed by atoms with Crippen LogP contribution < -0.4 is 15.8 Å². The topological polar surface area (TPSA) is 98.5 Å². The summed E-state index contributed by atoms with van der Waals surface area (Å²) in [5.74, 6) is 0.703. The smallest absolute Gasteiger partial charge is 0.244 e. The van der Waals surface area contributed by atoms with Crippen molar-refractivity contribution in [3.05, 3.63) is 48.5 Å². The van der Waals surface area contributed by atoms with E-state index < -0.39 is 15.4 Å². The van der Waals surface area contributed by atoms with Gasteiger partial charge in [-0.25, -0.2) is 8.42 Å². The van der Waals surface area contributed by atoms with Crippen LogP contribution in [0.1, 0.15) is 26.7 Å². The second-order valence-corrected chi connectivity index (χ2v) is 8.51. The van der Waals surface area contributed by atoms with Crippen molar-refractivity contribution in [2.45, 2.75) is 37.1 Å². The van der Waals surface area contributed by atoms with Crippen molar-refractivity contribution < 1.29 is 17.9 Å². The second-order valence-electron chi connectivity index (χ2n) is 6.50. The van der Waals surface area contributed by atoms with E-state index in [-0.39, 0.29) is 23.2 Å². The fourth-order valence-electron chi connectivity index (χ4n) is 2.42. The lowest BCUT2D eigenvalue weighted by molar-refractivity contribution is -0.120. The summed E-state index contributed by atoms with van der Waals surface area (Å²) >= 11 is 0. The van der Waals surface area contributed by atoms with E-state index in [1.165, 1.54) is 12.1 Å². The molecule has 3 N–H and O–H groups in total. The van der Waals surface area contributed by atoms with Gasteiger partial charge in [0.15, 0.2) is 9.84 Å². The summed E-state index contributed by atoms with van der Waals surface area (Å²) in [7, 11) is -3.30. The van der Waals surface area contributed by atoms with Crippen LogP contribution in [0.25, 0.3) is 0 Å². The zero-order valence-electron chi connectivity index (χ0n) is 15.6. The normalized spacial score (nSPS) is 13.2. The number of ether oxygens (including phenoxy) is 1. The van der Waals surface area contributed by atoms with Gasteiger partial charge in [-0.1, -0.05) is 19.4 Å². The van der Waals surface area contributed by atoms with Gasteiger partial charge < -0.3 is 15.8 Å². The van der Waals surface area contributed by atoms with Crippen molar-refractivity contribution in [1.82, 2.24) is 0 Å². The minimum absolute atomic E-state index is 0. The summed E-state index contributed by atoms with van der Waals surface area (Å²) < 4.78 is 28.9. The van der Waals surface area contributed by atoms with E-state index in [0.717, 1.165) is 12.7 Å². The van der Waals surface area contributed by atoms with E-state index in [1.54, 1.807) is 43.3 Å². The Balaban J connectivity index is 0.00000364. The number of benzene rings is 2. The minimum Gasteiger partial charge on any atom is -0.457 e. The van der Waals surface area contributed by atoms with Gasteiger partial charge in [0.25, 0.3) is 0 Å². The van der Waals surface area contributed by atoms with Crippen LogP contribution in [0.3, 0.4) is 0 Å². The molecule has 1 amide bonds. The van der Waals surface area contributed by atoms with Gasteiger partial charge in [0.05, 0.1) is 10.4 Å². The Morgan fingerprint density at radius 3 is 2.33 bits per heavy atom. The molecule has 0 aliphatic rings. The lowest BCUT2D eigenvalue weighted by Crippen LogP contribution is -2.48. The Labute approximate surface area is 166 Å². The maximum Gasteiger partial charge on any atom is 0.244 e. The van der Waals surface area contributed by atoms with Crippen molar-refractivity contribution in [3.63, 3.8) is 0 Å².